The molecular weight excluding hydrogens is 666 g/mol. The third kappa shape index (κ3) is 8.88. The Labute approximate surface area is 293 Å². The second-order valence-corrected chi connectivity index (χ2v) is 13.5. The summed E-state index contributed by atoms with van der Waals surface area (Å²) in [6, 6.07) is 13.8. The molecule has 1 atom stereocenters. The van der Waals surface area contributed by atoms with E-state index >= 15 is 4.39 Å². The van der Waals surface area contributed by atoms with Gasteiger partial charge in [-0.2, -0.15) is 0 Å². The van der Waals surface area contributed by atoms with Crippen molar-refractivity contribution in [2.24, 2.45) is 17.1 Å². The van der Waals surface area contributed by atoms with Crippen molar-refractivity contribution in [2.75, 3.05) is 30.1 Å². The lowest BCUT2D eigenvalue weighted by atomic mass is 10.0. The van der Waals surface area contributed by atoms with Crippen LogP contribution < -0.4 is 30.6 Å². The molecule has 0 radical (unpaired) electrons. The number of rotatable bonds is 16. The molecule has 0 spiro atoms. The summed E-state index contributed by atoms with van der Waals surface area (Å²) in [7, 11) is 1.52. The van der Waals surface area contributed by atoms with E-state index in [1.807, 2.05) is 13.8 Å². The number of carbonyl (C=O) groups excluding carboxylic acids is 3. The highest BCUT2D eigenvalue weighted by molar-refractivity contribution is 8.13. The molecule has 1 fully saturated rings. The first-order valence-electron chi connectivity index (χ1n) is 16.4. The summed E-state index contributed by atoms with van der Waals surface area (Å²) in [6.07, 6.45) is 4.72. The molecule has 1 aliphatic rings. The van der Waals surface area contributed by atoms with E-state index < -0.39 is 34.9 Å². The van der Waals surface area contributed by atoms with Crippen LogP contribution in [0.4, 0.5) is 20.2 Å². The van der Waals surface area contributed by atoms with Gasteiger partial charge in [0, 0.05) is 40.8 Å². The number of nitrogens with two attached hydrogens (primary N) is 1. The van der Waals surface area contributed by atoms with E-state index in [0.29, 0.717) is 59.0 Å². The van der Waals surface area contributed by atoms with Gasteiger partial charge in [-0.3, -0.25) is 19.4 Å². The first-order chi connectivity index (χ1) is 24.0. The predicted octanol–water partition coefficient (Wildman–Crippen LogP) is 7.46. The van der Waals surface area contributed by atoms with Crippen LogP contribution in [0.1, 0.15) is 46.0 Å². The normalized spacial score (nSPS) is 13.8. The van der Waals surface area contributed by atoms with Crippen molar-refractivity contribution < 1.29 is 37.4 Å². The Hall–Kier alpha value is -4.75. The zero-order valence-corrected chi connectivity index (χ0v) is 28.9. The van der Waals surface area contributed by atoms with Gasteiger partial charge in [0.2, 0.25) is 16.9 Å². The summed E-state index contributed by atoms with van der Waals surface area (Å²) in [6.45, 7) is 4.31. The van der Waals surface area contributed by atoms with Crippen molar-refractivity contribution >= 4 is 51.0 Å². The number of nitrogens with one attached hydrogen (secondary N) is 2. The van der Waals surface area contributed by atoms with E-state index in [0.717, 1.165) is 25.3 Å². The first kappa shape index (κ1) is 36.5. The van der Waals surface area contributed by atoms with E-state index in [4.69, 9.17) is 19.9 Å². The monoisotopic (exact) mass is 706 g/mol. The number of anilines is 2. The molecule has 50 heavy (non-hydrogen) atoms. The average molecular weight is 707 g/mol. The van der Waals surface area contributed by atoms with Crippen LogP contribution in [0.25, 0.3) is 10.9 Å². The third-order valence-corrected chi connectivity index (χ3v) is 9.45. The van der Waals surface area contributed by atoms with Gasteiger partial charge in [0.15, 0.2) is 23.1 Å². The Balaban J connectivity index is 1.17. The van der Waals surface area contributed by atoms with Crippen molar-refractivity contribution in [3.05, 3.63) is 78.5 Å². The molecule has 10 nitrogen and oxygen atoms in total. The predicted molar refractivity (Wildman–Crippen MR) is 190 cm³/mol. The highest BCUT2D eigenvalue weighted by Crippen LogP contribution is 2.47. The minimum absolute atomic E-state index is 0.0202. The Morgan fingerprint density at radius 3 is 2.24 bits per heavy atom. The van der Waals surface area contributed by atoms with Crippen LogP contribution in [0.3, 0.4) is 0 Å². The minimum atomic E-state index is -1.29. The van der Waals surface area contributed by atoms with Gasteiger partial charge in [-0.15, -0.1) is 0 Å². The fourth-order valence-electron chi connectivity index (χ4n) is 5.09. The zero-order chi connectivity index (χ0) is 35.8. The van der Waals surface area contributed by atoms with Crippen molar-refractivity contribution in [2.45, 2.75) is 52.0 Å². The Morgan fingerprint density at radius 1 is 0.880 bits per heavy atom. The molecule has 0 unspecified atom stereocenters. The maximum atomic E-state index is 15.3. The molecule has 4 aromatic rings. The van der Waals surface area contributed by atoms with E-state index in [1.165, 1.54) is 61.5 Å². The molecule has 1 heterocycles. The third-order valence-electron chi connectivity index (χ3n) is 8.40. The second kappa shape index (κ2) is 16.3. The lowest BCUT2D eigenvalue weighted by molar-refractivity contribution is -0.131. The zero-order valence-electron chi connectivity index (χ0n) is 28.1. The number of hydrogen-bond acceptors (Lipinski definition) is 9. The lowest BCUT2D eigenvalue weighted by Crippen LogP contribution is -2.35. The van der Waals surface area contributed by atoms with Gasteiger partial charge in [-0.05, 0) is 86.6 Å². The number of fused-ring (bicyclic) bond motifs is 1. The SMILES string of the molecule is COc1cc2c(Oc3ccc(NC(=O)C4(C(=O)Nc5ccc(F)cc5)CC4)cc3F)ccnc2cc1OCCCCCSC(=O)[C@@H](N)C(C)C. The van der Waals surface area contributed by atoms with Gasteiger partial charge < -0.3 is 30.6 Å². The molecule has 1 aliphatic carbocycles. The van der Waals surface area contributed by atoms with Crippen LogP contribution in [0.15, 0.2) is 66.9 Å². The van der Waals surface area contributed by atoms with Crippen molar-refractivity contribution in [3.8, 4) is 23.0 Å². The van der Waals surface area contributed by atoms with Gasteiger partial charge in [0.1, 0.15) is 17.0 Å². The number of thioether (sulfide) groups is 1. The highest BCUT2D eigenvalue weighted by atomic mass is 32.2. The molecule has 1 saturated carbocycles. The number of methoxy groups -OCH3 is 1. The van der Waals surface area contributed by atoms with Crippen LogP contribution >= 0.6 is 11.8 Å². The van der Waals surface area contributed by atoms with Gasteiger partial charge >= 0.3 is 0 Å². The fourth-order valence-corrected chi connectivity index (χ4v) is 6.10. The molecule has 1 aromatic heterocycles. The summed E-state index contributed by atoms with van der Waals surface area (Å²) in [5, 5.41) is 5.86. The van der Waals surface area contributed by atoms with Gasteiger partial charge in [0.25, 0.3) is 0 Å². The molecule has 4 N–H and O–H groups in total. The minimum Gasteiger partial charge on any atom is -0.493 e. The number of unbranched alkanes of at least 4 members (excludes halogenated alkanes) is 2. The van der Waals surface area contributed by atoms with Crippen LogP contribution in [0, 0.1) is 23.0 Å². The van der Waals surface area contributed by atoms with E-state index in [-0.39, 0.29) is 22.5 Å². The topological polar surface area (TPSA) is 142 Å². The highest BCUT2D eigenvalue weighted by Gasteiger charge is 2.56. The van der Waals surface area contributed by atoms with Crippen molar-refractivity contribution in [3.63, 3.8) is 0 Å². The first-order valence-corrected chi connectivity index (χ1v) is 17.4. The maximum absolute atomic E-state index is 15.3. The van der Waals surface area contributed by atoms with Crippen LogP contribution in [0.5, 0.6) is 23.0 Å². The number of amides is 2. The quantitative estimate of drug-likeness (QED) is 0.0800. The summed E-state index contributed by atoms with van der Waals surface area (Å²) in [4.78, 5) is 42.4. The Bertz CT molecular complexity index is 1850. The molecule has 0 bridgehead atoms. The standard InChI is InChI=1S/C37H40F2N4O6S/c1-22(2)33(40)34(44)50-18-6-4-5-17-48-32-21-28-26(20-31(32)47-3)29(13-16-41-28)49-30-12-11-25(19-27(30)39)43-36(46)37(14-15-37)35(45)42-24-9-7-23(38)8-10-24/h7-13,16,19-22,33H,4-6,14-15,17-18,40H2,1-3H3,(H,42,45)(H,43,46)/t33-/m0/s1. The van der Waals surface area contributed by atoms with Gasteiger partial charge in [-0.1, -0.05) is 25.6 Å². The molecular formula is C37H40F2N4O6S. The van der Waals surface area contributed by atoms with Crippen LogP contribution in [-0.2, 0) is 14.4 Å². The molecule has 3 aromatic carbocycles. The van der Waals surface area contributed by atoms with Crippen molar-refractivity contribution in [1.82, 2.24) is 4.98 Å². The van der Waals surface area contributed by atoms with E-state index in [1.54, 1.807) is 18.2 Å². The maximum Gasteiger partial charge on any atom is 0.240 e. The van der Waals surface area contributed by atoms with Crippen LogP contribution in [-0.4, -0.2) is 47.4 Å². The smallest absolute Gasteiger partial charge is 0.240 e. The Morgan fingerprint density at radius 2 is 1.58 bits per heavy atom. The summed E-state index contributed by atoms with van der Waals surface area (Å²) in [5.41, 5.74) is 5.69. The van der Waals surface area contributed by atoms with Crippen molar-refractivity contribution in [1.29, 1.82) is 0 Å². The summed E-state index contributed by atoms with van der Waals surface area (Å²) < 4.78 is 46.0. The largest absolute Gasteiger partial charge is 0.493 e. The number of carbonyl (C=O) groups is 3. The van der Waals surface area contributed by atoms with Gasteiger partial charge in [-0.25, -0.2) is 8.78 Å². The molecule has 13 heteroatoms. The molecule has 2 amide bonds. The number of aromatic nitrogens is 1. The van der Waals surface area contributed by atoms with Gasteiger partial charge in [0.05, 0.1) is 25.3 Å². The average Bonchev–Trinajstić information content (AvgIpc) is 3.92. The molecule has 0 saturated heterocycles. The van der Waals surface area contributed by atoms with E-state index in [2.05, 4.69) is 15.6 Å². The van der Waals surface area contributed by atoms with E-state index in [9.17, 15) is 18.8 Å². The van der Waals surface area contributed by atoms with Crippen LogP contribution in [0.2, 0.25) is 0 Å². The lowest BCUT2D eigenvalue weighted by Gasteiger charge is -2.16. The number of halogens is 2. The fraction of sp³-hybridized carbons (Fsp3) is 0.351. The molecule has 264 valence electrons. The Kier molecular flexibility index (Phi) is 11.9. The number of pyridine rings is 1. The number of hydrogen-bond donors (Lipinski definition) is 3. The summed E-state index contributed by atoms with van der Waals surface area (Å²) in [5.74, 6) is -0.222. The number of ether oxygens (including phenoxy) is 3. The number of nitrogens with zero attached hydrogens (tertiary/aromatic N) is 1. The second-order valence-electron chi connectivity index (χ2n) is 12.4. The molecule has 0 aliphatic heterocycles. The summed E-state index contributed by atoms with van der Waals surface area (Å²) >= 11 is 1.28. The number of benzene rings is 3. The molecule has 5 rings (SSSR count).